The van der Waals surface area contributed by atoms with Crippen LogP contribution in [-0.2, 0) is 11.2 Å². The zero-order chi connectivity index (χ0) is 19.7. The van der Waals surface area contributed by atoms with E-state index in [2.05, 4.69) is 9.88 Å². The third kappa shape index (κ3) is 3.89. The smallest absolute Gasteiger partial charge is 0.352 e. The van der Waals surface area contributed by atoms with Crippen LogP contribution in [0.5, 0.6) is 0 Å². The van der Waals surface area contributed by atoms with E-state index in [1.165, 1.54) is 32.1 Å². The number of H-pyrrole nitrogens is 1. The highest BCUT2D eigenvalue weighted by molar-refractivity contribution is 6.31. The summed E-state index contributed by atoms with van der Waals surface area (Å²) in [6.45, 7) is 3.23. The monoisotopic (exact) mass is 403 g/mol. The number of hydrogen-bond acceptors (Lipinski definition) is 3. The van der Waals surface area contributed by atoms with Crippen LogP contribution in [0.15, 0.2) is 18.2 Å². The lowest BCUT2D eigenvalue weighted by molar-refractivity contribution is -0.132. The molecule has 1 amide bonds. The van der Waals surface area contributed by atoms with Gasteiger partial charge in [-0.2, -0.15) is 0 Å². The van der Waals surface area contributed by atoms with Gasteiger partial charge in [-0.15, -0.1) is 0 Å². The van der Waals surface area contributed by atoms with Crippen molar-refractivity contribution in [3.63, 3.8) is 0 Å². The molecule has 2 N–H and O–H groups in total. The van der Waals surface area contributed by atoms with Crippen LogP contribution < -0.4 is 0 Å². The number of carboxylic acids is 1. The molecule has 6 nitrogen and oxygen atoms in total. The third-order valence-electron chi connectivity index (χ3n) is 6.17. The van der Waals surface area contributed by atoms with E-state index < -0.39 is 5.97 Å². The van der Waals surface area contributed by atoms with E-state index in [1.807, 2.05) is 4.90 Å². The lowest BCUT2D eigenvalue weighted by Crippen LogP contribution is -2.52. The first kappa shape index (κ1) is 19.3. The lowest BCUT2D eigenvalue weighted by atomic mass is 9.94. The number of aromatic carboxylic acids is 1. The summed E-state index contributed by atoms with van der Waals surface area (Å²) in [6, 6.07) is 5.85. The Hall–Kier alpha value is -2.05. The molecular formula is C21H26ClN3O3. The van der Waals surface area contributed by atoms with E-state index in [1.54, 1.807) is 18.2 Å². The quantitative estimate of drug-likeness (QED) is 0.818. The topological polar surface area (TPSA) is 76.6 Å². The van der Waals surface area contributed by atoms with Gasteiger partial charge in [-0.3, -0.25) is 9.69 Å². The minimum atomic E-state index is -1.06. The van der Waals surface area contributed by atoms with E-state index in [4.69, 9.17) is 11.6 Å². The summed E-state index contributed by atoms with van der Waals surface area (Å²) in [5, 5.41) is 10.8. The van der Waals surface area contributed by atoms with E-state index in [0.717, 1.165) is 13.1 Å². The van der Waals surface area contributed by atoms with Gasteiger partial charge in [0.15, 0.2) is 0 Å². The van der Waals surface area contributed by atoms with Gasteiger partial charge in [0, 0.05) is 53.7 Å². The summed E-state index contributed by atoms with van der Waals surface area (Å²) in [6.07, 6.45) is 6.58. The van der Waals surface area contributed by atoms with Crippen LogP contribution in [0.2, 0.25) is 5.02 Å². The van der Waals surface area contributed by atoms with Gasteiger partial charge in [0.05, 0.1) is 6.42 Å². The van der Waals surface area contributed by atoms with Crippen molar-refractivity contribution in [1.82, 2.24) is 14.8 Å². The summed E-state index contributed by atoms with van der Waals surface area (Å²) < 4.78 is 0. The minimum Gasteiger partial charge on any atom is -0.477 e. The van der Waals surface area contributed by atoms with Crippen molar-refractivity contribution in [2.75, 3.05) is 26.2 Å². The fourth-order valence-electron chi connectivity index (χ4n) is 4.63. The molecule has 1 aliphatic carbocycles. The van der Waals surface area contributed by atoms with Gasteiger partial charge in [0.2, 0.25) is 5.91 Å². The predicted molar refractivity (Wildman–Crippen MR) is 109 cm³/mol. The first-order valence-corrected chi connectivity index (χ1v) is 10.5. The summed E-state index contributed by atoms with van der Waals surface area (Å²) in [5.74, 6) is -1.08. The Labute approximate surface area is 169 Å². The summed E-state index contributed by atoms with van der Waals surface area (Å²) in [7, 11) is 0. The number of carbonyl (C=O) groups is 2. The van der Waals surface area contributed by atoms with Crippen molar-refractivity contribution in [2.24, 2.45) is 0 Å². The Morgan fingerprint density at radius 1 is 1.11 bits per heavy atom. The maximum absolute atomic E-state index is 12.9. The number of aromatic nitrogens is 1. The van der Waals surface area contributed by atoms with Crippen LogP contribution in [0.25, 0.3) is 10.9 Å². The van der Waals surface area contributed by atoms with Crippen molar-refractivity contribution in [3.8, 4) is 0 Å². The van der Waals surface area contributed by atoms with Crippen molar-refractivity contribution in [3.05, 3.63) is 34.5 Å². The fraction of sp³-hybridized carbons (Fsp3) is 0.524. The third-order valence-corrected chi connectivity index (χ3v) is 6.40. The molecule has 0 radical (unpaired) electrons. The van der Waals surface area contributed by atoms with Crippen LogP contribution in [0.4, 0.5) is 0 Å². The molecule has 0 atom stereocenters. The maximum atomic E-state index is 12.9. The number of nitrogens with one attached hydrogen (secondary N) is 1. The number of halogens is 1. The molecule has 1 aliphatic heterocycles. The molecule has 150 valence electrons. The van der Waals surface area contributed by atoms with Crippen molar-refractivity contribution in [2.45, 2.75) is 44.6 Å². The van der Waals surface area contributed by atoms with Crippen LogP contribution in [0, 0.1) is 0 Å². The molecular weight excluding hydrogens is 378 g/mol. The second kappa shape index (κ2) is 8.13. The predicted octanol–water partition coefficient (Wildman–Crippen LogP) is 3.54. The highest BCUT2D eigenvalue weighted by atomic mass is 35.5. The number of carboxylic acid groups (broad SMARTS) is 1. The van der Waals surface area contributed by atoms with Crippen molar-refractivity contribution >= 4 is 34.4 Å². The molecule has 7 heteroatoms. The van der Waals surface area contributed by atoms with Gasteiger partial charge in [0.25, 0.3) is 0 Å². The maximum Gasteiger partial charge on any atom is 0.352 e. The zero-order valence-electron chi connectivity index (χ0n) is 15.9. The first-order chi connectivity index (χ1) is 13.5. The van der Waals surface area contributed by atoms with Crippen LogP contribution >= 0.6 is 11.6 Å². The van der Waals surface area contributed by atoms with E-state index in [-0.39, 0.29) is 18.0 Å². The highest BCUT2D eigenvalue weighted by Gasteiger charge is 2.28. The highest BCUT2D eigenvalue weighted by Crippen LogP contribution is 2.27. The Morgan fingerprint density at radius 3 is 2.50 bits per heavy atom. The van der Waals surface area contributed by atoms with E-state index in [9.17, 15) is 14.7 Å². The number of hydrogen-bond donors (Lipinski definition) is 2. The van der Waals surface area contributed by atoms with Gasteiger partial charge in [-0.1, -0.05) is 30.9 Å². The Kier molecular flexibility index (Phi) is 5.60. The number of rotatable bonds is 4. The number of piperazine rings is 1. The number of carbonyl (C=O) groups excluding carboxylic acids is 1. The Morgan fingerprint density at radius 2 is 1.82 bits per heavy atom. The molecule has 0 bridgehead atoms. The number of nitrogens with zero attached hydrogens (tertiary/aromatic N) is 2. The normalized spacial score (nSPS) is 19.2. The minimum absolute atomic E-state index is 0.0216. The number of aromatic amines is 1. The van der Waals surface area contributed by atoms with Gasteiger partial charge >= 0.3 is 5.97 Å². The molecule has 0 spiro atoms. The molecule has 1 aromatic carbocycles. The molecule has 1 aromatic heterocycles. The van der Waals surface area contributed by atoms with Gasteiger partial charge in [0.1, 0.15) is 5.69 Å². The summed E-state index contributed by atoms with van der Waals surface area (Å²) in [4.78, 5) is 31.9. The summed E-state index contributed by atoms with van der Waals surface area (Å²) >= 11 is 6.09. The number of amides is 1. The average molecular weight is 404 g/mol. The van der Waals surface area contributed by atoms with E-state index in [0.29, 0.717) is 40.6 Å². The van der Waals surface area contributed by atoms with Crippen molar-refractivity contribution in [1.29, 1.82) is 0 Å². The second-order valence-electron chi connectivity index (χ2n) is 7.86. The molecule has 4 rings (SSSR count). The number of benzene rings is 1. The average Bonchev–Trinajstić information content (AvgIpc) is 3.06. The van der Waals surface area contributed by atoms with Crippen LogP contribution in [0.1, 0.15) is 48.2 Å². The van der Waals surface area contributed by atoms with Crippen LogP contribution in [0.3, 0.4) is 0 Å². The lowest BCUT2D eigenvalue weighted by Gasteiger charge is -2.40. The first-order valence-electron chi connectivity index (χ1n) is 10.1. The standard InChI is InChI=1S/C21H26ClN3O3/c22-14-6-7-18-16(12-14)17(20(23-18)21(27)28)13-19(26)25-10-8-24(9-11-25)15-4-2-1-3-5-15/h6-7,12,15,23H,1-5,8-11,13H2,(H,27,28). The number of fused-ring (bicyclic) bond motifs is 1. The van der Waals surface area contributed by atoms with Gasteiger partial charge in [-0.05, 0) is 31.0 Å². The molecule has 0 unspecified atom stereocenters. The Balaban J connectivity index is 1.46. The largest absolute Gasteiger partial charge is 0.477 e. The van der Waals surface area contributed by atoms with Crippen LogP contribution in [-0.4, -0.2) is 64.0 Å². The molecule has 1 saturated carbocycles. The second-order valence-corrected chi connectivity index (χ2v) is 8.30. The molecule has 2 aromatic rings. The molecule has 2 heterocycles. The molecule has 28 heavy (non-hydrogen) atoms. The van der Waals surface area contributed by atoms with Gasteiger partial charge in [-0.25, -0.2) is 4.79 Å². The molecule has 2 aliphatic rings. The van der Waals surface area contributed by atoms with Crippen molar-refractivity contribution < 1.29 is 14.7 Å². The fourth-order valence-corrected chi connectivity index (χ4v) is 4.80. The molecule has 2 fully saturated rings. The van der Waals surface area contributed by atoms with E-state index >= 15 is 0 Å². The SMILES string of the molecule is O=C(O)c1[nH]c2ccc(Cl)cc2c1CC(=O)N1CCN(C2CCCCC2)CC1. The zero-order valence-corrected chi connectivity index (χ0v) is 16.7. The van der Waals surface area contributed by atoms with Gasteiger partial charge < -0.3 is 15.0 Å². The summed E-state index contributed by atoms with van der Waals surface area (Å²) in [5.41, 5.74) is 1.28. The molecule has 1 saturated heterocycles. The Bertz CT molecular complexity index is 880.